The highest BCUT2D eigenvalue weighted by Gasteiger charge is 2.59. The minimum absolute atomic E-state index is 0.776. The smallest absolute Gasteiger partial charge is 0.340 e. The van der Waals surface area contributed by atoms with Crippen molar-refractivity contribution in [3.63, 3.8) is 0 Å². The van der Waals surface area contributed by atoms with E-state index < -0.39 is 179 Å². The van der Waals surface area contributed by atoms with E-state index in [1.807, 2.05) is 0 Å². The summed E-state index contributed by atoms with van der Waals surface area (Å²) in [5, 5.41) is 132. The number of amides is 1. The second-order valence-electron chi connectivity index (χ2n) is 14.8. The van der Waals surface area contributed by atoms with Crippen molar-refractivity contribution in [2.45, 2.75) is 174 Å². The molecule has 0 aromatic carbocycles. The molecule has 7 aliphatic heterocycles. The first-order valence-corrected chi connectivity index (χ1v) is 18.3. The standard InChI is InChI=1S/C32H51NO24/c1-6-12(37)17(42)25-32(49-6)54-24-18(43)20(45)30(56-26(24)27(47)57-29-19(44)16(41)14(39)9(4-34)51-29)52-22-11(33-8(3)36)28(50-10(5-35)15(22)40)53-23-13(38)7(2)48-31(55-25)21(23)46/h6-7,9-26,28-32,34-35,37-46H,4-5H2,1-3H3,(H,33,36)/t6-,7-,9+,10+,11+,12-,13-,14+,15+,16-,17+,18+,19+,20+,21+,22+,23+,24+,25+,26-,28-,29+,30-,31-,32-/m0/s1. The maximum atomic E-state index is 14.0. The number of rotatable bonds is 5. The van der Waals surface area contributed by atoms with Gasteiger partial charge in [0.2, 0.25) is 12.2 Å². The third-order valence-corrected chi connectivity index (χ3v) is 10.8. The number of esters is 1. The molecule has 7 heterocycles. The summed E-state index contributed by atoms with van der Waals surface area (Å²) >= 11 is 0. The van der Waals surface area contributed by atoms with Crippen molar-refractivity contribution in [2.24, 2.45) is 0 Å². The molecular formula is C32H51NO24. The van der Waals surface area contributed by atoms with Crippen LogP contribution in [0.25, 0.3) is 0 Å². The van der Waals surface area contributed by atoms with Gasteiger partial charge in [-0.3, -0.25) is 4.79 Å². The second-order valence-corrected chi connectivity index (χ2v) is 14.8. The molecule has 0 aliphatic carbocycles. The molecule has 0 unspecified atom stereocenters. The minimum Gasteiger partial charge on any atom is -0.431 e. The van der Waals surface area contributed by atoms with E-state index in [2.05, 4.69) is 5.32 Å². The van der Waals surface area contributed by atoms with Crippen LogP contribution in [0.1, 0.15) is 20.8 Å². The zero-order valence-electron chi connectivity index (χ0n) is 30.6. The molecule has 7 fully saturated rings. The van der Waals surface area contributed by atoms with Crippen molar-refractivity contribution < 1.29 is 118 Å². The molecular weight excluding hydrogens is 782 g/mol. The number of fused-ring (bicyclic) bond motifs is 2. The SMILES string of the molecule is CC(=O)N[C@H]1[C@@H]2O[C@@H]3[C@@H](O)[C@H](C)O[C@@H](O[C@H]4[C@H](O[C@@H]5[C@H](O)[C@@H](O)[C@@H](O[C@H]1[C@H](O)[C@@H](CO)O2)O[C@@H]5C(=O)O[C@H]1O[C@H](CO)[C@@H](O)[C@H](O)[C@H]1O)O[C@@H](C)[C@H](O)[C@H]4O)[C@@H]3O. The van der Waals surface area contributed by atoms with Crippen molar-refractivity contribution in [2.75, 3.05) is 13.2 Å². The fraction of sp³-hybridized carbons (Fsp3) is 0.938. The van der Waals surface area contributed by atoms with E-state index in [-0.39, 0.29) is 0 Å². The normalized spacial score (nSPS) is 53.4. The first kappa shape index (κ1) is 44.6. The minimum atomic E-state index is -2.27. The van der Waals surface area contributed by atoms with Crippen LogP contribution in [-0.2, 0) is 57.0 Å². The molecule has 25 nitrogen and oxygen atoms in total. The molecule has 13 N–H and O–H groups in total. The Morgan fingerprint density at radius 1 is 0.491 bits per heavy atom. The van der Waals surface area contributed by atoms with E-state index in [1.54, 1.807) is 0 Å². The summed E-state index contributed by atoms with van der Waals surface area (Å²) in [6, 6.07) is -1.64. The Morgan fingerprint density at radius 3 is 1.68 bits per heavy atom. The van der Waals surface area contributed by atoms with Crippen molar-refractivity contribution >= 4 is 11.9 Å². The Kier molecular flexibility index (Phi) is 14.1. The summed E-state index contributed by atoms with van der Waals surface area (Å²) in [4.78, 5) is 26.5. The number of carbonyl (C=O) groups excluding carboxylic acids is 2. The van der Waals surface area contributed by atoms with Gasteiger partial charge in [-0.05, 0) is 13.8 Å². The molecule has 25 heteroatoms. The number of hydrogen-bond acceptors (Lipinski definition) is 24. The lowest BCUT2D eigenvalue weighted by atomic mass is 9.93. The van der Waals surface area contributed by atoms with Crippen molar-refractivity contribution in [1.29, 1.82) is 0 Å². The predicted octanol–water partition coefficient (Wildman–Crippen LogP) is -9.15. The molecule has 6 bridgehead atoms. The number of aliphatic hydroxyl groups is 12. The number of ether oxygens (including phenoxy) is 10. The average Bonchev–Trinajstić information content (AvgIpc) is 3.17. The maximum Gasteiger partial charge on any atom is 0.340 e. The highest BCUT2D eigenvalue weighted by Crippen LogP contribution is 2.37. The van der Waals surface area contributed by atoms with E-state index in [1.165, 1.54) is 13.8 Å². The quantitative estimate of drug-likeness (QED) is 0.114. The van der Waals surface area contributed by atoms with Crippen LogP contribution in [-0.4, -0.2) is 240 Å². The molecule has 0 radical (unpaired) electrons. The van der Waals surface area contributed by atoms with Crippen molar-refractivity contribution in [1.82, 2.24) is 5.32 Å². The molecule has 25 atom stereocenters. The van der Waals surface area contributed by atoms with Gasteiger partial charge in [0.05, 0.1) is 25.4 Å². The first-order valence-electron chi connectivity index (χ1n) is 18.3. The Morgan fingerprint density at radius 2 is 1.04 bits per heavy atom. The van der Waals surface area contributed by atoms with Crippen LogP contribution in [0.2, 0.25) is 0 Å². The third kappa shape index (κ3) is 8.68. The maximum absolute atomic E-state index is 14.0. The fourth-order valence-corrected chi connectivity index (χ4v) is 7.52. The van der Waals surface area contributed by atoms with Crippen LogP contribution >= 0.6 is 0 Å². The van der Waals surface area contributed by atoms with Crippen molar-refractivity contribution in [3.05, 3.63) is 0 Å². The lowest BCUT2D eigenvalue weighted by Gasteiger charge is -2.51. The van der Waals surface area contributed by atoms with E-state index in [4.69, 9.17) is 47.4 Å². The Hall–Kier alpha value is -1.90. The molecule has 328 valence electrons. The molecule has 0 aromatic heterocycles. The van der Waals surface area contributed by atoms with Crippen LogP contribution in [0.5, 0.6) is 0 Å². The highest BCUT2D eigenvalue weighted by atomic mass is 16.8. The molecule has 7 aliphatic rings. The van der Waals surface area contributed by atoms with Crippen molar-refractivity contribution in [3.8, 4) is 0 Å². The summed E-state index contributed by atoms with van der Waals surface area (Å²) < 4.78 is 57.3. The van der Waals surface area contributed by atoms with Gasteiger partial charge in [-0.25, -0.2) is 4.79 Å². The van der Waals surface area contributed by atoms with Gasteiger partial charge >= 0.3 is 5.97 Å². The average molecular weight is 834 g/mol. The number of aliphatic hydroxyl groups excluding tert-OH is 12. The Labute approximate surface area is 323 Å². The molecule has 0 aromatic rings. The fourth-order valence-electron chi connectivity index (χ4n) is 7.52. The highest BCUT2D eigenvalue weighted by molar-refractivity contribution is 5.76. The van der Waals surface area contributed by atoms with Crippen LogP contribution in [0.3, 0.4) is 0 Å². The van der Waals surface area contributed by atoms with Gasteiger partial charge in [0.15, 0.2) is 31.3 Å². The largest absolute Gasteiger partial charge is 0.431 e. The van der Waals surface area contributed by atoms with Crippen LogP contribution < -0.4 is 5.32 Å². The van der Waals surface area contributed by atoms with Gasteiger partial charge in [0, 0.05) is 6.92 Å². The van der Waals surface area contributed by atoms with Crippen LogP contribution in [0.4, 0.5) is 0 Å². The van der Waals surface area contributed by atoms with Gasteiger partial charge < -0.3 is 114 Å². The zero-order valence-corrected chi connectivity index (χ0v) is 30.6. The van der Waals surface area contributed by atoms with E-state index in [0.717, 1.165) is 6.92 Å². The summed E-state index contributed by atoms with van der Waals surface area (Å²) in [6.07, 6.45) is -44.8. The molecule has 0 saturated carbocycles. The molecule has 57 heavy (non-hydrogen) atoms. The van der Waals surface area contributed by atoms with E-state index >= 15 is 0 Å². The number of carbonyl (C=O) groups is 2. The predicted molar refractivity (Wildman–Crippen MR) is 172 cm³/mol. The van der Waals surface area contributed by atoms with Gasteiger partial charge in [-0.15, -0.1) is 0 Å². The van der Waals surface area contributed by atoms with E-state index in [0.29, 0.717) is 0 Å². The molecule has 1 amide bonds. The van der Waals surface area contributed by atoms with Gasteiger partial charge in [-0.2, -0.15) is 0 Å². The van der Waals surface area contributed by atoms with Gasteiger partial charge in [-0.1, -0.05) is 0 Å². The summed E-state index contributed by atoms with van der Waals surface area (Å²) in [5.74, 6) is -2.34. The Balaban J connectivity index is 1.43. The summed E-state index contributed by atoms with van der Waals surface area (Å²) in [7, 11) is 0. The van der Waals surface area contributed by atoms with Gasteiger partial charge in [0.25, 0.3) is 0 Å². The zero-order chi connectivity index (χ0) is 41.8. The summed E-state index contributed by atoms with van der Waals surface area (Å²) in [5.41, 5.74) is 0. The van der Waals surface area contributed by atoms with Crippen LogP contribution in [0.15, 0.2) is 0 Å². The van der Waals surface area contributed by atoms with Gasteiger partial charge in [0.1, 0.15) is 104 Å². The lowest BCUT2D eigenvalue weighted by Crippen LogP contribution is -2.71. The third-order valence-electron chi connectivity index (χ3n) is 10.8. The molecule has 0 spiro atoms. The van der Waals surface area contributed by atoms with E-state index in [9.17, 15) is 70.9 Å². The molecule has 7 rings (SSSR count). The first-order chi connectivity index (χ1) is 26.9. The number of hydrogen-bond donors (Lipinski definition) is 13. The summed E-state index contributed by atoms with van der Waals surface area (Å²) in [6.45, 7) is 1.91. The topological polar surface area (TPSA) is 381 Å². The van der Waals surface area contributed by atoms with Crippen LogP contribution in [0, 0.1) is 0 Å². The monoisotopic (exact) mass is 833 g/mol. The Bertz CT molecular complexity index is 1380. The molecule has 7 saturated heterocycles. The lowest BCUT2D eigenvalue weighted by molar-refractivity contribution is -0.401. The second kappa shape index (κ2) is 18.0. The number of nitrogens with one attached hydrogen (secondary N) is 1.